The molecule has 0 bridgehead atoms. The number of para-hydroxylation sites is 1. The SMILES string of the molecule is COc1cccc(OC)c1-n1c(NS(=O)(=O)[C@H](C)[C@@H](C)c2ncc(C)cn2)nnc1-c1cncc(C)c1. The first kappa shape index (κ1) is 26.0. The minimum Gasteiger partial charge on any atom is -0.494 e. The summed E-state index contributed by atoms with van der Waals surface area (Å²) >= 11 is 0. The Balaban J connectivity index is 1.83. The lowest BCUT2D eigenvalue weighted by Gasteiger charge is -2.21. The minimum absolute atomic E-state index is 0.0248. The number of pyridine rings is 1. The van der Waals surface area contributed by atoms with Crippen molar-refractivity contribution in [1.29, 1.82) is 0 Å². The predicted octanol–water partition coefficient (Wildman–Crippen LogP) is 3.69. The van der Waals surface area contributed by atoms with Crippen molar-refractivity contribution >= 4 is 16.0 Å². The quantitative estimate of drug-likeness (QED) is 0.348. The van der Waals surface area contributed by atoms with E-state index in [1.54, 1.807) is 61.4 Å². The zero-order valence-electron chi connectivity index (χ0n) is 21.5. The molecule has 0 radical (unpaired) electrons. The van der Waals surface area contributed by atoms with E-state index in [9.17, 15) is 8.42 Å². The zero-order chi connectivity index (χ0) is 26.7. The molecule has 1 aromatic carbocycles. The number of nitrogens with zero attached hydrogens (tertiary/aromatic N) is 6. The average Bonchev–Trinajstić information content (AvgIpc) is 3.29. The second-order valence-electron chi connectivity index (χ2n) is 8.70. The molecule has 37 heavy (non-hydrogen) atoms. The molecule has 0 saturated heterocycles. The van der Waals surface area contributed by atoms with Crippen LogP contribution in [0.25, 0.3) is 17.1 Å². The maximum Gasteiger partial charge on any atom is 0.243 e. The van der Waals surface area contributed by atoms with Crippen LogP contribution in [-0.4, -0.2) is 57.6 Å². The van der Waals surface area contributed by atoms with Crippen molar-refractivity contribution in [3.63, 3.8) is 0 Å². The molecule has 3 heterocycles. The Morgan fingerprint density at radius 1 is 0.919 bits per heavy atom. The fraction of sp³-hybridized carbons (Fsp3) is 0.320. The first-order valence-electron chi connectivity index (χ1n) is 11.5. The van der Waals surface area contributed by atoms with Crippen molar-refractivity contribution in [1.82, 2.24) is 29.7 Å². The Kier molecular flexibility index (Phi) is 7.39. The Labute approximate surface area is 216 Å². The van der Waals surface area contributed by atoms with E-state index in [2.05, 4.69) is 29.9 Å². The molecule has 0 aliphatic heterocycles. The molecule has 4 rings (SSSR count). The summed E-state index contributed by atoms with van der Waals surface area (Å²) in [6.45, 7) is 7.15. The van der Waals surface area contributed by atoms with E-state index in [1.807, 2.05) is 19.9 Å². The molecule has 1 N–H and O–H groups in total. The number of methoxy groups -OCH3 is 2. The lowest BCUT2D eigenvalue weighted by molar-refractivity contribution is 0.391. The lowest BCUT2D eigenvalue weighted by atomic mass is 10.1. The minimum atomic E-state index is -3.97. The molecule has 2 atom stereocenters. The molecule has 4 aromatic rings. The highest BCUT2D eigenvalue weighted by Gasteiger charge is 2.32. The van der Waals surface area contributed by atoms with Gasteiger partial charge in [-0.1, -0.05) is 13.0 Å². The third-order valence-corrected chi connectivity index (χ3v) is 7.91. The van der Waals surface area contributed by atoms with Crippen LogP contribution in [0.15, 0.2) is 49.1 Å². The van der Waals surface area contributed by atoms with E-state index in [4.69, 9.17) is 9.47 Å². The van der Waals surface area contributed by atoms with Gasteiger partial charge >= 0.3 is 0 Å². The van der Waals surface area contributed by atoms with Crippen LogP contribution < -0.4 is 14.2 Å². The first-order valence-corrected chi connectivity index (χ1v) is 13.1. The van der Waals surface area contributed by atoms with Crippen molar-refractivity contribution in [2.45, 2.75) is 38.9 Å². The first-order chi connectivity index (χ1) is 17.7. The fourth-order valence-corrected chi connectivity index (χ4v) is 5.05. The Morgan fingerprint density at radius 3 is 2.16 bits per heavy atom. The summed E-state index contributed by atoms with van der Waals surface area (Å²) in [6.07, 6.45) is 6.68. The van der Waals surface area contributed by atoms with Gasteiger partial charge in [0, 0.05) is 36.3 Å². The number of rotatable bonds is 9. The summed E-state index contributed by atoms with van der Waals surface area (Å²) in [5.74, 6) is 1.16. The second kappa shape index (κ2) is 10.5. The predicted molar refractivity (Wildman–Crippen MR) is 140 cm³/mol. The molecule has 0 aliphatic rings. The van der Waals surface area contributed by atoms with Gasteiger partial charge in [-0.25, -0.2) is 18.4 Å². The lowest BCUT2D eigenvalue weighted by Crippen LogP contribution is -2.31. The smallest absolute Gasteiger partial charge is 0.243 e. The van der Waals surface area contributed by atoms with Crippen molar-refractivity contribution in [2.24, 2.45) is 0 Å². The average molecular weight is 524 g/mol. The second-order valence-corrected chi connectivity index (χ2v) is 10.7. The van der Waals surface area contributed by atoms with Gasteiger partial charge in [0.15, 0.2) is 5.82 Å². The van der Waals surface area contributed by atoms with Crippen LogP contribution in [0.2, 0.25) is 0 Å². The summed E-state index contributed by atoms with van der Waals surface area (Å²) in [4.78, 5) is 12.9. The molecule has 11 nitrogen and oxygen atoms in total. The molecule has 194 valence electrons. The summed E-state index contributed by atoms with van der Waals surface area (Å²) in [5.41, 5.74) is 2.87. The fourth-order valence-electron chi connectivity index (χ4n) is 3.81. The van der Waals surface area contributed by atoms with Crippen LogP contribution in [0.5, 0.6) is 11.5 Å². The molecule has 0 aliphatic carbocycles. The van der Waals surface area contributed by atoms with Crippen LogP contribution in [0, 0.1) is 13.8 Å². The van der Waals surface area contributed by atoms with Gasteiger partial charge in [-0.2, -0.15) is 0 Å². The molecule has 0 spiro atoms. The molecular formula is C25H29N7O4S. The molecule has 12 heteroatoms. The largest absolute Gasteiger partial charge is 0.494 e. The maximum absolute atomic E-state index is 13.6. The van der Waals surface area contributed by atoms with Gasteiger partial charge in [0.2, 0.25) is 16.0 Å². The third kappa shape index (κ3) is 5.24. The summed E-state index contributed by atoms with van der Waals surface area (Å²) in [7, 11) is -0.929. The van der Waals surface area contributed by atoms with Gasteiger partial charge in [0.05, 0.1) is 19.5 Å². The van der Waals surface area contributed by atoms with E-state index < -0.39 is 21.2 Å². The zero-order valence-corrected chi connectivity index (χ0v) is 22.3. The highest BCUT2D eigenvalue weighted by molar-refractivity contribution is 7.93. The Morgan fingerprint density at radius 2 is 1.57 bits per heavy atom. The van der Waals surface area contributed by atoms with Crippen molar-refractivity contribution in [2.75, 3.05) is 18.9 Å². The van der Waals surface area contributed by atoms with Crippen LogP contribution in [0.4, 0.5) is 5.95 Å². The van der Waals surface area contributed by atoms with Crippen LogP contribution in [0.3, 0.4) is 0 Å². The van der Waals surface area contributed by atoms with E-state index >= 15 is 0 Å². The molecule has 0 fully saturated rings. The van der Waals surface area contributed by atoms with Crippen LogP contribution >= 0.6 is 0 Å². The number of ether oxygens (including phenoxy) is 2. The highest BCUT2D eigenvalue weighted by atomic mass is 32.2. The molecule has 0 saturated carbocycles. The third-order valence-electron chi connectivity index (χ3n) is 6.06. The standard InChI is InChI=1S/C25H29N7O4S/c1-15-10-19(14-26-11-15)24-29-30-25(32(24)22-20(35-5)8-7-9-21(22)36-6)31-37(33,34)18(4)17(3)23-27-12-16(2)13-28-23/h7-14,17-18H,1-6H3,(H,30,31)/t17-,18-/m1/s1. The topological polar surface area (TPSA) is 134 Å². The van der Waals surface area contributed by atoms with E-state index in [0.717, 1.165) is 11.1 Å². The Bertz CT molecular complexity index is 1480. The molecular weight excluding hydrogens is 494 g/mol. The van der Waals surface area contributed by atoms with E-state index in [0.29, 0.717) is 34.4 Å². The number of anilines is 1. The van der Waals surface area contributed by atoms with Gasteiger partial charge < -0.3 is 9.47 Å². The van der Waals surface area contributed by atoms with Crippen molar-refractivity contribution < 1.29 is 17.9 Å². The van der Waals surface area contributed by atoms with Gasteiger partial charge in [-0.05, 0) is 50.1 Å². The highest BCUT2D eigenvalue weighted by Crippen LogP contribution is 2.38. The molecule has 0 unspecified atom stereocenters. The number of aromatic nitrogens is 6. The number of nitrogens with one attached hydrogen (secondary N) is 1. The normalized spacial score (nSPS) is 13.1. The number of sulfonamides is 1. The summed E-state index contributed by atoms with van der Waals surface area (Å²) in [5, 5.41) is 7.65. The van der Waals surface area contributed by atoms with E-state index in [1.165, 1.54) is 14.2 Å². The number of aryl methyl sites for hydroxylation is 2. The van der Waals surface area contributed by atoms with Gasteiger partial charge in [-0.15, -0.1) is 10.2 Å². The van der Waals surface area contributed by atoms with Crippen LogP contribution in [0.1, 0.15) is 36.7 Å². The van der Waals surface area contributed by atoms with Gasteiger partial charge in [0.25, 0.3) is 0 Å². The molecule has 0 amide bonds. The number of benzene rings is 1. The van der Waals surface area contributed by atoms with Gasteiger partial charge in [-0.3, -0.25) is 14.3 Å². The van der Waals surface area contributed by atoms with Gasteiger partial charge in [0.1, 0.15) is 23.0 Å². The van der Waals surface area contributed by atoms with Crippen molar-refractivity contribution in [3.05, 3.63) is 66.0 Å². The molecule has 3 aromatic heterocycles. The number of hydrogen-bond acceptors (Lipinski definition) is 9. The van der Waals surface area contributed by atoms with Crippen molar-refractivity contribution in [3.8, 4) is 28.6 Å². The van der Waals surface area contributed by atoms with E-state index in [-0.39, 0.29) is 5.95 Å². The maximum atomic E-state index is 13.6. The van der Waals surface area contributed by atoms with Crippen LogP contribution in [-0.2, 0) is 10.0 Å². The summed E-state index contributed by atoms with van der Waals surface area (Å²) in [6, 6.07) is 7.14. The summed E-state index contributed by atoms with van der Waals surface area (Å²) < 4.78 is 42.5. The monoisotopic (exact) mass is 523 g/mol. The number of hydrogen-bond donors (Lipinski definition) is 1. The Hall–Kier alpha value is -4.06.